The molecule has 0 aliphatic carbocycles. The summed E-state index contributed by atoms with van der Waals surface area (Å²) < 4.78 is 31.3. The van der Waals surface area contributed by atoms with Crippen molar-refractivity contribution in [3.05, 3.63) is 146 Å². The van der Waals surface area contributed by atoms with Gasteiger partial charge in [0.05, 0.1) is 18.9 Å². The summed E-state index contributed by atoms with van der Waals surface area (Å²) in [6.07, 6.45) is 8.64. The summed E-state index contributed by atoms with van der Waals surface area (Å²) in [6.45, 7) is 19.4. The minimum absolute atomic E-state index is 0.00463. The van der Waals surface area contributed by atoms with E-state index >= 15 is 0 Å². The number of alkyl carbamates (subject to hydrolysis) is 1. The second-order valence-electron chi connectivity index (χ2n) is 16.8. The van der Waals surface area contributed by atoms with Crippen molar-refractivity contribution in [2.75, 3.05) is 45.1 Å². The molecule has 2 heterocycles. The molecule has 0 fully saturated rings. The van der Waals surface area contributed by atoms with Crippen molar-refractivity contribution < 1.29 is 33.0 Å². The van der Waals surface area contributed by atoms with E-state index in [2.05, 4.69) is 84.2 Å². The highest BCUT2D eigenvalue weighted by Gasteiger charge is 2.16. The number of nitrogens with one attached hydrogen (secondary N) is 7. The molecule has 0 saturated carbocycles. The molecular weight excluding hydrogens is 906 g/mol. The molecule has 18 heteroatoms. The third-order valence-corrected chi connectivity index (χ3v) is 9.70. The number of carbonyl (C=O) groups excluding carboxylic acids is 3. The maximum atomic E-state index is 14.3. The minimum Gasteiger partial charge on any atom is -0.493 e. The van der Waals surface area contributed by atoms with Crippen molar-refractivity contribution >= 4 is 75.6 Å². The number of halogens is 1. The number of benzene rings is 4. The van der Waals surface area contributed by atoms with E-state index in [1.165, 1.54) is 12.2 Å². The fourth-order valence-corrected chi connectivity index (χ4v) is 6.32. The van der Waals surface area contributed by atoms with Gasteiger partial charge in [-0.15, -0.1) is 0 Å². The van der Waals surface area contributed by atoms with Gasteiger partial charge in [0.25, 0.3) is 0 Å². The van der Waals surface area contributed by atoms with Crippen molar-refractivity contribution in [1.29, 1.82) is 0 Å². The number of carbonyl (C=O) groups is 3. The first-order valence-electron chi connectivity index (χ1n) is 23.1. The van der Waals surface area contributed by atoms with Gasteiger partial charge in [0.2, 0.25) is 23.7 Å². The number of aromatic nitrogens is 4. The molecular formula is C53H62FN11O6. The van der Waals surface area contributed by atoms with E-state index in [-0.39, 0.29) is 29.7 Å². The van der Waals surface area contributed by atoms with Crippen molar-refractivity contribution in [2.24, 2.45) is 0 Å². The number of aryl methyl sites for hydroxylation is 1. The Labute approximate surface area is 414 Å². The Hall–Kier alpha value is -8.54. The van der Waals surface area contributed by atoms with Crippen LogP contribution in [-0.2, 0) is 14.3 Å². The third kappa shape index (κ3) is 18.8. The van der Waals surface area contributed by atoms with Gasteiger partial charge >= 0.3 is 6.09 Å². The van der Waals surface area contributed by atoms with Crippen LogP contribution in [0.5, 0.6) is 11.5 Å². The molecule has 0 spiro atoms. The number of rotatable bonds is 22. The molecule has 2 aromatic heterocycles. The molecule has 372 valence electrons. The van der Waals surface area contributed by atoms with Gasteiger partial charge in [0, 0.05) is 58.5 Å². The average Bonchev–Trinajstić information content (AvgIpc) is 3.34. The van der Waals surface area contributed by atoms with Gasteiger partial charge in [-0.05, 0) is 132 Å². The van der Waals surface area contributed by atoms with Crippen molar-refractivity contribution in [3.8, 4) is 11.5 Å². The highest BCUT2D eigenvalue weighted by molar-refractivity contribution is 5.99. The first-order valence-corrected chi connectivity index (χ1v) is 23.1. The molecule has 6 rings (SSSR count). The van der Waals surface area contributed by atoms with E-state index in [1.54, 1.807) is 42.6 Å². The molecule has 1 atom stereocenters. The van der Waals surface area contributed by atoms with E-state index < -0.39 is 17.5 Å². The highest BCUT2D eigenvalue weighted by Crippen LogP contribution is 2.27. The van der Waals surface area contributed by atoms with Gasteiger partial charge in [-0.3, -0.25) is 9.59 Å². The largest absolute Gasteiger partial charge is 0.493 e. The van der Waals surface area contributed by atoms with E-state index in [0.29, 0.717) is 54.2 Å². The normalized spacial score (nSPS) is 11.0. The van der Waals surface area contributed by atoms with Crippen LogP contribution in [0, 0.1) is 12.7 Å². The molecule has 7 N–H and O–H groups in total. The number of hydrogen-bond acceptors (Lipinski definition) is 14. The Morgan fingerprint density at radius 2 is 1.24 bits per heavy atom. The molecule has 0 aliphatic rings. The predicted octanol–water partition coefficient (Wildman–Crippen LogP) is 11.9. The predicted molar refractivity (Wildman–Crippen MR) is 279 cm³/mol. The number of hydrogen-bond donors (Lipinski definition) is 7. The fourth-order valence-electron chi connectivity index (χ4n) is 6.32. The number of amides is 3. The van der Waals surface area contributed by atoms with Crippen LogP contribution in [0.2, 0.25) is 0 Å². The third-order valence-electron chi connectivity index (χ3n) is 9.70. The lowest BCUT2D eigenvalue weighted by Crippen LogP contribution is -2.33. The van der Waals surface area contributed by atoms with Gasteiger partial charge < -0.3 is 51.4 Å². The molecule has 4 aromatic carbocycles. The maximum absolute atomic E-state index is 14.3. The van der Waals surface area contributed by atoms with Gasteiger partial charge in [0.1, 0.15) is 22.9 Å². The summed E-state index contributed by atoms with van der Waals surface area (Å²) in [4.78, 5) is 52.0. The lowest BCUT2D eigenvalue weighted by molar-refractivity contribution is -0.112. The van der Waals surface area contributed by atoms with Gasteiger partial charge in [-0.2, -0.15) is 9.97 Å². The van der Waals surface area contributed by atoms with Crippen molar-refractivity contribution in [3.63, 3.8) is 0 Å². The van der Waals surface area contributed by atoms with E-state index in [1.807, 2.05) is 88.4 Å². The number of nitrogens with zero attached hydrogens (tertiary/aromatic N) is 4. The maximum Gasteiger partial charge on any atom is 0.407 e. The Balaban J connectivity index is 0.000000267. The van der Waals surface area contributed by atoms with Crippen LogP contribution >= 0.6 is 0 Å². The zero-order valence-electron chi connectivity index (χ0n) is 40.9. The smallest absolute Gasteiger partial charge is 0.407 e. The Bertz CT molecular complexity index is 2730. The average molecular weight is 968 g/mol. The standard InChI is InChI=1S/C28H34N6O4.C25H28FN5O2/c1-6-24(35)31-20-10-7-11-21(16-20)32-25-19(2)18-30-26(34-25)33-22-12-8-13-23(17-22)37-15-9-14-29-27(36)38-28(3,4)5;1-4-8-20(5-2)33-21-13-11-17(12-14-21)30-25-27-16-22(26)24(31-25)29-19-10-7-9-18(15-19)28-23(32)6-3/h6-8,10-13,16-18H,1,9,14-15H2,2-5H3,(H,29,36)(H,31,35)(H2,30,32,33,34);6-7,9-16,20H,3-5,8H2,1-2H3,(H,28,32)(H2,27,29,30,31). The monoisotopic (exact) mass is 967 g/mol. The summed E-state index contributed by atoms with van der Waals surface area (Å²) in [5.74, 6) is 1.53. The van der Waals surface area contributed by atoms with Crippen LogP contribution in [-0.4, -0.2) is 62.7 Å². The summed E-state index contributed by atoms with van der Waals surface area (Å²) >= 11 is 0. The fraction of sp³-hybridized carbons (Fsp3) is 0.264. The van der Waals surface area contributed by atoms with Gasteiger partial charge in [-0.25, -0.2) is 19.2 Å². The van der Waals surface area contributed by atoms with Crippen molar-refractivity contribution in [1.82, 2.24) is 25.3 Å². The first-order chi connectivity index (χ1) is 34.1. The number of anilines is 10. The second kappa shape index (κ2) is 26.9. The summed E-state index contributed by atoms with van der Waals surface area (Å²) in [6, 6.07) is 29.1. The first kappa shape index (κ1) is 53.4. The van der Waals surface area contributed by atoms with Gasteiger partial charge in [-0.1, -0.05) is 51.6 Å². The lowest BCUT2D eigenvalue weighted by Gasteiger charge is -2.19. The minimum atomic E-state index is -0.605. The van der Waals surface area contributed by atoms with Crippen LogP contribution in [0.4, 0.5) is 66.8 Å². The second-order valence-corrected chi connectivity index (χ2v) is 16.8. The van der Waals surface area contributed by atoms with Crippen LogP contribution in [0.3, 0.4) is 0 Å². The topological polar surface area (TPSA) is 215 Å². The summed E-state index contributed by atoms with van der Waals surface area (Å²) in [5.41, 5.74) is 4.34. The van der Waals surface area contributed by atoms with Crippen LogP contribution in [0.15, 0.2) is 135 Å². The Morgan fingerprint density at radius 3 is 1.83 bits per heavy atom. The summed E-state index contributed by atoms with van der Waals surface area (Å²) in [5, 5.41) is 20.6. The van der Waals surface area contributed by atoms with Crippen LogP contribution < -0.4 is 46.7 Å². The Kier molecular flexibility index (Phi) is 20.2. The molecule has 0 radical (unpaired) electrons. The molecule has 0 aliphatic heterocycles. The van der Waals surface area contributed by atoms with E-state index in [9.17, 15) is 18.8 Å². The molecule has 6 aromatic rings. The van der Waals surface area contributed by atoms with Crippen LogP contribution in [0.25, 0.3) is 0 Å². The zero-order chi connectivity index (χ0) is 51.2. The molecule has 3 amide bonds. The summed E-state index contributed by atoms with van der Waals surface area (Å²) in [7, 11) is 0. The zero-order valence-corrected chi connectivity index (χ0v) is 40.9. The van der Waals surface area contributed by atoms with E-state index in [0.717, 1.165) is 53.8 Å². The quantitative estimate of drug-likeness (QED) is 0.0249. The molecule has 17 nitrogen and oxygen atoms in total. The van der Waals surface area contributed by atoms with Crippen molar-refractivity contribution in [2.45, 2.75) is 78.9 Å². The molecule has 71 heavy (non-hydrogen) atoms. The molecule has 1 unspecified atom stereocenters. The lowest BCUT2D eigenvalue weighted by atomic mass is 10.1. The highest BCUT2D eigenvalue weighted by atomic mass is 19.1. The molecule has 0 saturated heterocycles. The SMILES string of the molecule is C=CC(=O)Nc1cccc(Nc2nc(Nc3ccc(OC(CC)CCC)cc3)ncc2F)c1.C=CC(=O)Nc1cccc(Nc2nc(Nc3cccc(OCCCNC(=O)OC(C)(C)C)c3)ncc2C)c1. The van der Waals surface area contributed by atoms with Gasteiger partial charge in [0.15, 0.2) is 11.6 Å². The number of ether oxygens (including phenoxy) is 3. The van der Waals surface area contributed by atoms with Crippen LogP contribution in [0.1, 0.15) is 65.9 Å². The van der Waals surface area contributed by atoms with E-state index in [4.69, 9.17) is 14.2 Å². The Morgan fingerprint density at radius 1 is 0.690 bits per heavy atom. The molecule has 0 bridgehead atoms.